The second kappa shape index (κ2) is 13.3. The second-order valence-corrected chi connectivity index (χ2v) is 5.14. The van der Waals surface area contributed by atoms with Crippen LogP contribution in [0.1, 0.15) is 0 Å². The van der Waals surface area contributed by atoms with Crippen molar-refractivity contribution in [3.8, 4) is 0 Å². The predicted molar refractivity (Wildman–Crippen MR) is 104 cm³/mol. The molecule has 0 aliphatic rings. The van der Waals surface area contributed by atoms with Crippen molar-refractivity contribution in [2.45, 2.75) is 0 Å². The highest BCUT2D eigenvalue weighted by Crippen LogP contribution is 2.21. The summed E-state index contributed by atoms with van der Waals surface area (Å²) in [5.41, 5.74) is 0. The van der Waals surface area contributed by atoms with Crippen LogP contribution in [0.5, 0.6) is 0 Å². The summed E-state index contributed by atoms with van der Waals surface area (Å²) in [7, 11) is 4.30. The normalized spacial score (nSPS) is 9.92. The summed E-state index contributed by atoms with van der Waals surface area (Å²) in [6.07, 6.45) is 0. The molecular weight excluding hydrogens is 316 g/mol. The van der Waals surface area contributed by atoms with Crippen molar-refractivity contribution in [1.29, 1.82) is 0 Å². The maximum Gasteiger partial charge on any atom is 0.0701 e. The Morgan fingerprint density at radius 1 is 0.600 bits per heavy atom. The van der Waals surface area contributed by atoms with Crippen molar-refractivity contribution in [3.63, 3.8) is 0 Å². The van der Waals surface area contributed by atoms with Gasteiger partial charge in [-0.3, -0.25) is 0 Å². The zero-order valence-corrected chi connectivity index (χ0v) is 15.3. The predicted octanol–water partition coefficient (Wildman–Crippen LogP) is 3.90. The first-order valence-corrected chi connectivity index (χ1v) is 8.23. The molecule has 0 saturated heterocycles. The first-order valence-electron chi connectivity index (χ1n) is 8.23. The van der Waals surface area contributed by atoms with Crippen LogP contribution in [0.4, 0.5) is 0 Å². The van der Waals surface area contributed by atoms with Gasteiger partial charge in [0.2, 0.25) is 0 Å². The molecule has 3 aromatic carbocycles. The van der Waals surface area contributed by atoms with Crippen molar-refractivity contribution in [1.82, 2.24) is 0 Å². The van der Waals surface area contributed by atoms with Gasteiger partial charge in [0.15, 0.2) is 0 Å². The van der Waals surface area contributed by atoms with E-state index < -0.39 is 0 Å². The Kier molecular flexibility index (Phi) is 11.2. The highest BCUT2D eigenvalue weighted by molar-refractivity contribution is 5.98. The lowest BCUT2D eigenvalue weighted by Crippen LogP contribution is -2.06. The van der Waals surface area contributed by atoms with Crippen LogP contribution in [0.3, 0.4) is 0 Å². The Labute approximate surface area is 149 Å². The summed E-state index contributed by atoms with van der Waals surface area (Å²) in [4.78, 5) is 0. The Bertz CT molecular complexity index is 601. The van der Waals surface area contributed by atoms with E-state index in [9.17, 15) is 0 Å². The summed E-state index contributed by atoms with van der Waals surface area (Å²) in [6, 6.07) is 21.4. The third-order valence-electron chi connectivity index (χ3n) is 3.48. The van der Waals surface area contributed by atoms with E-state index >= 15 is 0 Å². The van der Waals surface area contributed by atoms with E-state index in [4.69, 9.17) is 19.3 Å². The van der Waals surface area contributed by atoms with Gasteiger partial charge in [0.1, 0.15) is 0 Å². The van der Waals surface area contributed by atoms with Crippen LogP contribution in [-0.2, 0) is 14.2 Å². The van der Waals surface area contributed by atoms with Crippen LogP contribution < -0.4 is 0 Å². The lowest BCUT2D eigenvalue weighted by atomic mass is 10.0. The quantitative estimate of drug-likeness (QED) is 0.544. The number of benzene rings is 3. The number of hydrogen-bond donors (Lipinski definition) is 1. The fraction of sp³-hybridized carbons (Fsp3) is 0.333. The number of rotatable bonds is 6. The minimum absolute atomic E-state index is 0.653. The molecule has 1 N–H and O–H groups in total. The molecular formula is C21H28O4. The lowest BCUT2D eigenvalue weighted by Gasteiger charge is -2.00. The number of aliphatic hydroxyl groups excluding tert-OH is 1. The number of methoxy groups -OCH3 is 2. The molecule has 0 bridgehead atoms. The van der Waals surface area contributed by atoms with E-state index in [1.165, 1.54) is 21.5 Å². The van der Waals surface area contributed by atoms with E-state index in [2.05, 4.69) is 60.7 Å². The Morgan fingerprint density at radius 2 is 0.920 bits per heavy atom. The molecule has 0 aliphatic heterocycles. The van der Waals surface area contributed by atoms with Crippen LogP contribution in [-0.4, -0.2) is 52.9 Å². The van der Waals surface area contributed by atoms with Gasteiger partial charge in [-0.1, -0.05) is 48.5 Å². The third-order valence-corrected chi connectivity index (χ3v) is 3.48. The second-order valence-electron chi connectivity index (χ2n) is 5.14. The minimum atomic E-state index is 0.653. The maximum absolute atomic E-state index is 7.00. The third kappa shape index (κ3) is 7.63. The van der Waals surface area contributed by atoms with Gasteiger partial charge in [-0.25, -0.2) is 0 Å². The number of hydrogen-bond acceptors (Lipinski definition) is 4. The van der Waals surface area contributed by atoms with Crippen LogP contribution >= 0.6 is 0 Å². The van der Waals surface area contributed by atoms with Crippen LogP contribution in [0.2, 0.25) is 0 Å². The van der Waals surface area contributed by atoms with Gasteiger partial charge < -0.3 is 19.3 Å². The molecule has 136 valence electrons. The van der Waals surface area contributed by atoms with Crippen molar-refractivity contribution in [3.05, 3.63) is 60.7 Å². The maximum atomic E-state index is 7.00. The molecule has 0 heterocycles. The fourth-order valence-corrected chi connectivity index (χ4v) is 2.27. The first-order chi connectivity index (χ1) is 12.3. The van der Waals surface area contributed by atoms with Crippen molar-refractivity contribution >= 4 is 21.5 Å². The summed E-state index contributed by atoms with van der Waals surface area (Å²) in [5.74, 6) is 0. The molecule has 4 heteroatoms. The standard InChI is InChI=1S/C14H10.C6H14O3.CH4O/c1-2-6-12-10-14-8-4-3-7-13(14)9-11(12)5-1;1-7-3-5-9-6-4-8-2;1-2/h1-10H;3-6H2,1-2H3;2H,1H3. The van der Waals surface area contributed by atoms with Gasteiger partial charge in [0, 0.05) is 21.3 Å². The van der Waals surface area contributed by atoms with Crippen molar-refractivity contribution < 1.29 is 19.3 Å². The highest BCUT2D eigenvalue weighted by atomic mass is 16.5. The first kappa shape index (κ1) is 21.1. The molecule has 0 atom stereocenters. The van der Waals surface area contributed by atoms with E-state index in [0.29, 0.717) is 26.4 Å². The molecule has 0 radical (unpaired) electrons. The molecule has 0 aromatic heterocycles. The summed E-state index contributed by atoms with van der Waals surface area (Å²) >= 11 is 0. The molecule has 0 saturated carbocycles. The largest absolute Gasteiger partial charge is 0.400 e. The summed E-state index contributed by atoms with van der Waals surface area (Å²) < 4.78 is 14.6. The molecule has 25 heavy (non-hydrogen) atoms. The van der Waals surface area contributed by atoms with Gasteiger partial charge in [-0.05, 0) is 33.7 Å². The van der Waals surface area contributed by atoms with E-state index in [-0.39, 0.29) is 0 Å². The van der Waals surface area contributed by atoms with Crippen molar-refractivity contribution in [2.24, 2.45) is 0 Å². The molecule has 0 amide bonds. The topological polar surface area (TPSA) is 47.9 Å². The van der Waals surface area contributed by atoms with Gasteiger partial charge in [0.25, 0.3) is 0 Å². The van der Waals surface area contributed by atoms with E-state index in [1.807, 2.05) is 0 Å². The average Bonchev–Trinajstić information content (AvgIpc) is 2.68. The van der Waals surface area contributed by atoms with E-state index in [0.717, 1.165) is 7.11 Å². The van der Waals surface area contributed by atoms with Gasteiger partial charge in [-0.15, -0.1) is 0 Å². The Balaban J connectivity index is 0.000000250. The minimum Gasteiger partial charge on any atom is -0.400 e. The molecule has 0 unspecified atom stereocenters. The number of ether oxygens (including phenoxy) is 3. The smallest absolute Gasteiger partial charge is 0.0701 e. The Morgan fingerprint density at radius 3 is 1.20 bits per heavy atom. The lowest BCUT2D eigenvalue weighted by molar-refractivity contribution is 0.0385. The number of fused-ring (bicyclic) bond motifs is 2. The average molecular weight is 344 g/mol. The summed E-state index contributed by atoms with van der Waals surface area (Å²) in [5, 5.41) is 12.2. The van der Waals surface area contributed by atoms with Crippen LogP contribution in [0, 0.1) is 0 Å². The Hall–Kier alpha value is -1.98. The number of aliphatic hydroxyl groups is 1. The monoisotopic (exact) mass is 344 g/mol. The molecule has 3 aromatic rings. The molecule has 4 nitrogen and oxygen atoms in total. The molecule has 0 fully saturated rings. The van der Waals surface area contributed by atoms with Gasteiger partial charge in [-0.2, -0.15) is 0 Å². The van der Waals surface area contributed by atoms with Crippen molar-refractivity contribution in [2.75, 3.05) is 47.8 Å². The highest BCUT2D eigenvalue weighted by Gasteiger charge is 1.95. The summed E-state index contributed by atoms with van der Waals surface area (Å²) in [6.45, 7) is 2.62. The van der Waals surface area contributed by atoms with Crippen LogP contribution in [0.15, 0.2) is 60.7 Å². The molecule has 3 rings (SSSR count). The zero-order valence-electron chi connectivity index (χ0n) is 15.3. The molecule has 0 aliphatic carbocycles. The van der Waals surface area contributed by atoms with Gasteiger partial charge in [0.05, 0.1) is 26.4 Å². The SMILES string of the molecule is CO.COCCOCCOC.c1ccc2cc3ccccc3cc2c1. The van der Waals surface area contributed by atoms with Crippen LogP contribution in [0.25, 0.3) is 21.5 Å². The zero-order chi connectivity index (χ0) is 18.3. The van der Waals surface area contributed by atoms with Gasteiger partial charge >= 0.3 is 0 Å². The molecule has 0 spiro atoms. The van der Waals surface area contributed by atoms with E-state index in [1.54, 1.807) is 14.2 Å². The fourth-order valence-electron chi connectivity index (χ4n) is 2.27.